The number of aromatic hydroxyl groups is 1. The highest BCUT2D eigenvalue weighted by molar-refractivity contribution is 7.83. The molecule has 1 aliphatic rings. The van der Waals surface area contributed by atoms with E-state index in [1.54, 1.807) is 25.2 Å². The van der Waals surface area contributed by atoms with Gasteiger partial charge in [-0.25, -0.2) is 4.21 Å². The molecule has 35 heavy (non-hydrogen) atoms. The van der Waals surface area contributed by atoms with E-state index in [-0.39, 0.29) is 34.6 Å². The normalized spacial score (nSPS) is 14.3. The summed E-state index contributed by atoms with van der Waals surface area (Å²) >= 11 is -1.80. The number of carbonyl (C=O) groups is 1. The maximum absolute atomic E-state index is 12.9. The number of hydrogen-bond donors (Lipinski definition) is 3. The molecule has 9 nitrogen and oxygen atoms in total. The molecule has 1 aliphatic heterocycles. The maximum Gasteiger partial charge on any atom is 0.269 e. The molecule has 10 heteroatoms. The molecule has 0 saturated carbocycles. The van der Waals surface area contributed by atoms with E-state index >= 15 is 0 Å². The number of nitrogens with one attached hydrogen (secondary N) is 2. The van der Waals surface area contributed by atoms with E-state index in [9.17, 15) is 14.1 Å². The molecule has 1 amide bonds. The zero-order valence-corrected chi connectivity index (χ0v) is 20.9. The van der Waals surface area contributed by atoms with Crippen LogP contribution < -0.4 is 10.6 Å². The van der Waals surface area contributed by atoms with Gasteiger partial charge in [0.1, 0.15) is 11.5 Å². The predicted octanol–water partition coefficient (Wildman–Crippen LogP) is 4.18. The quantitative estimate of drug-likeness (QED) is 0.441. The number of para-hydroxylation sites is 1. The third-order valence-corrected chi connectivity index (χ3v) is 5.60. The topological polar surface area (TPSA) is 120 Å². The first-order chi connectivity index (χ1) is 16.9. The highest BCUT2D eigenvalue weighted by Crippen LogP contribution is 2.29. The molecule has 0 radical (unpaired) electrons. The van der Waals surface area contributed by atoms with Gasteiger partial charge in [-0.2, -0.15) is 0 Å². The second-order valence-electron chi connectivity index (χ2n) is 7.45. The van der Waals surface area contributed by atoms with Crippen molar-refractivity contribution < 1.29 is 18.5 Å². The van der Waals surface area contributed by atoms with Crippen LogP contribution in [-0.2, 0) is 24.3 Å². The van der Waals surface area contributed by atoms with Crippen molar-refractivity contribution >= 4 is 34.4 Å². The number of amidine groups is 2. The van der Waals surface area contributed by atoms with Crippen LogP contribution in [0.5, 0.6) is 5.75 Å². The molecule has 3 N–H and O–H groups in total. The first-order valence-electron chi connectivity index (χ1n) is 11.2. The number of anilines is 1. The Bertz CT molecular complexity index is 1250. The zero-order valence-electron chi connectivity index (χ0n) is 20.1. The first kappa shape index (κ1) is 25.7. The van der Waals surface area contributed by atoms with Crippen LogP contribution in [0.1, 0.15) is 41.3 Å². The Labute approximate surface area is 207 Å². The van der Waals surface area contributed by atoms with Gasteiger partial charge in [0.2, 0.25) is 0 Å². The minimum atomic E-state index is -1.80. The molecular formula is C25H29N5O4S. The van der Waals surface area contributed by atoms with E-state index < -0.39 is 11.2 Å². The van der Waals surface area contributed by atoms with Crippen molar-refractivity contribution in [3.05, 3.63) is 83.3 Å². The summed E-state index contributed by atoms with van der Waals surface area (Å²) in [5, 5.41) is 16.7. The lowest BCUT2D eigenvalue weighted by molar-refractivity contribution is 0.0782. The summed E-state index contributed by atoms with van der Waals surface area (Å²) in [5.41, 5.74) is 1.36. The molecule has 2 heterocycles. The summed E-state index contributed by atoms with van der Waals surface area (Å²) in [7, 11) is 1.67. The summed E-state index contributed by atoms with van der Waals surface area (Å²) < 4.78 is 25.3. The molecule has 0 fully saturated rings. The average molecular weight is 496 g/mol. The Hall–Kier alpha value is -3.92. The van der Waals surface area contributed by atoms with Gasteiger partial charge in [0.05, 0.1) is 17.8 Å². The molecule has 0 saturated heterocycles. The van der Waals surface area contributed by atoms with E-state index in [0.29, 0.717) is 18.8 Å². The van der Waals surface area contributed by atoms with Crippen LogP contribution in [0.4, 0.5) is 5.69 Å². The van der Waals surface area contributed by atoms with Crippen LogP contribution in [-0.4, -0.2) is 38.8 Å². The van der Waals surface area contributed by atoms with E-state index in [1.807, 2.05) is 63.2 Å². The van der Waals surface area contributed by atoms with Crippen LogP contribution >= 0.6 is 0 Å². The average Bonchev–Trinajstić information content (AvgIpc) is 3.44. The zero-order chi connectivity index (χ0) is 25.4. The molecule has 0 aliphatic carbocycles. The summed E-state index contributed by atoms with van der Waals surface area (Å²) in [4.78, 5) is 14.5. The lowest BCUT2D eigenvalue weighted by Gasteiger charge is -2.19. The third kappa shape index (κ3) is 6.57. The van der Waals surface area contributed by atoms with Crippen molar-refractivity contribution in [2.75, 3.05) is 12.4 Å². The molecule has 0 spiro atoms. The number of nitrogens with zero attached hydrogens (tertiary/aromatic N) is 3. The largest absolute Gasteiger partial charge is 0.505 e. The van der Waals surface area contributed by atoms with Crippen molar-refractivity contribution in [2.24, 2.45) is 8.80 Å². The molecule has 2 aromatic carbocycles. The number of amides is 1. The molecular weight excluding hydrogens is 466 g/mol. The van der Waals surface area contributed by atoms with Gasteiger partial charge in [0.25, 0.3) is 17.1 Å². The Morgan fingerprint density at radius 1 is 1.03 bits per heavy atom. The second-order valence-corrected chi connectivity index (χ2v) is 8.28. The van der Waals surface area contributed by atoms with Crippen LogP contribution in [0.2, 0.25) is 0 Å². The minimum absolute atomic E-state index is 0.135. The standard InChI is InChI=1S/C23H23N5O4S.C2H6/c1-15-11-12-17(32-15)13-24-21-22(27-33(31)26-21)25-19-10-6-9-18(20(19)29)23(30)28(2)14-16-7-4-3-5-8-16;1-2/h3-12,29H,13-14H2,1-2H3,(H,24,26)(H,25,27);1-2H3. The van der Waals surface area contributed by atoms with Crippen molar-refractivity contribution in [3.63, 3.8) is 0 Å². The van der Waals surface area contributed by atoms with Gasteiger partial charge in [-0.1, -0.05) is 50.2 Å². The summed E-state index contributed by atoms with van der Waals surface area (Å²) in [6, 6.07) is 18.0. The van der Waals surface area contributed by atoms with Gasteiger partial charge < -0.3 is 25.1 Å². The highest BCUT2D eigenvalue weighted by Gasteiger charge is 2.23. The van der Waals surface area contributed by atoms with Gasteiger partial charge in [-0.3, -0.25) is 4.79 Å². The molecule has 1 unspecified atom stereocenters. The highest BCUT2D eigenvalue weighted by atomic mass is 32.2. The molecule has 1 atom stereocenters. The number of carbonyl (C=O) groups excluding carboxylic acids is 1. The molecule has 3 aromatic rings. The lowest BCUT2D eigenvalue weighted by Crippen LogP contribution is -2.33. The second kappa shape index (κ2) is 12.0. The fourth-order valence-electron chi connectivity index (χ4n) is 3.29. The van der Waals surface area contributed by atoms with Crippen molar-refractivity contribution in [3.8, 4) is 5.75 Å². The summed E-state index contributed by atoms with van der Waals surface area (Å²) in [6.07, 6.45) is 0. The van der Waals surface area contributed by atoms with Crippen LogP contribution in [0.3, 0.4) is 0 Å². The minimum Gasteiger partial charge on any atom is -0.505 e. The Morgan fingerprint density at radius 3 is 2.43 bits per heavy atom. The van der Waals surface area contributed by atoms with E-state index in [1.165, 1.54) is 4.90 Å². The predicted molar refractivity (Wildman–Crippen MR) is 139 cm³/mol. The van der Waals surface area contributed by atoms with Crippen molar-refractivity contribution in [1.82, 2.24) is 10.2 Å². The number of furan rings is 1. The Kier molecular flexibility index (Phi) is 8.80. The van der Waals surface area contributed by atoms with Crippen molar-refractivity contribution in [1.29, 1.82) is 0 Å². The van der Waals surface area contributed by atoms with Gasteiger partial charge in [-0.05, 0) is 36.8 Å². The van der Waals surface area contributed by atoms with Gasteiger partial charge >= 0.3 is 0 Å². The first-order valence-corrected chi connectivity index (χ1v) is 12.2. The van der Waals surface area contributed by atoms with Gasteiger partial charge in [0, 0.05) is 13.6 Å². The number of phenols is 1. The number of hydrogen-bond acceptors (Lipinski definition) is 6. The number of benzene rings is 2. The Balaban J connectivity index is 0.00000167. The fourth-order valence-corrected chi connectivity index (χ4v) is 3.93. The van der Waals surface area contributed by atoms with E-state index in [2.05, 4.69) is 19.4 Å². The van der Waals surface area contributed by atoms with E-state index in [0.717, 1.165) is 11.3 Å². The van der Waals surface area contributed by atoms with Gasteiger partial charge in [-0.15, -0.1) is 8.80 Å². The van der Waals surface area contributed by atoms with Crippen LogP contribution in [0.15, 0.2) is 73.9 Å². The SMILES string of the molecule is CC.Cc1ccc(CNC2=NS(=O)N=C2Nc2cccc(C(=O)N(C)Cc3ccccc3)c2O)o1. The third-order valence-electron chi connectivity index (χ3n) is 4.92. The molecule has 1 aromatic heterocycles. The molecule has 0 bridgehead atoms. The number of phenolic OH excluding ortho intramolecular Hbond substituents is 1. The number of aryl methyl sites for hydroxylation is 1. The Morgan fingerprint density at radius 2 is 1.74 bits per heavy atom. The molecule has 4 rings (SSSR count). The monoisotopic (exact) mass is 495 g/mol. The number of rotatable bonds is 6. The summed E-state index contributed by atoms with van der Waals surface area (Å²) in [5.74, 6) is 1.35. The van der Waals surface area contributed by atoms with Crippen LogP contribution in [0, 0.1) is 6.92 Å². The van der Waals surface area contributed by atoms with E-state index in [4.69, 9.17) is 4.42 Å². The van der Waals surface area contributed by atoms with Crippen LogP contribution in [0.25, 0.3) is 0 Å². The summed E-state index contributed by atoms with van der Waals surface area (Å²) in [6.45, 7) is 6.56. The fraction of sp³-hybridized carbons (Fsp3) is 0.240. The van der Waals surface area contributed by atoms with Gasteiger partial charge in [0.15, 0.2) is 17.4 Å². The molecule has 184 valence electrons. The maximum atomic E-state index is 12.9. The van der Waals surface area contributed by atoms with Crippen molar-refractivity contribution in [2.45, 2.75) is 33.9 Å². The lowest BCUT2D eigenvalue weighted by atomic mass is 10.1. The smallest absolute Gasteiger partial charge is 0.269 e.